The molecule has 1 saturated heterocycles. The van der Waals surface area contributed by atoms with Crippen LogP contribution in [0.3, 0.4) is 0 Å². The number of anilines is 1. The maximum absolute atomic E-state index is 13.0. The molecule has 1 fully saturated rings. The highest BCUT2D eigenvalue weighted by molar-refractivity contribution is 14.0. The largest absolute Gasteiger partial charge is 0.370 e. The van der Waals surface area contributed by atoms with Crippen LogP contribution in [0.5, 0.6) is 0 Å². The van der Waals surface area contributed by atoms with Gasteiger partial charge in [0, 0.05) is 44.0 Å². The van der Waals surface area contributed by atoms with E-state index in [1.54, 1.807) is 0 Å². The second kappa shape index (κ2) is 9.91. The molecule has 0 saturated carbocycles. The average molecular weight is 487 g/mol. The number of aromatic nitrogens is 1. The summed E-state index contributed by atoms with van der Waals surface area (Å²) in [6, 6.07) is 6.63. The summed E-state index contributed by atoms with van der Waals surface area (Å²) in [7, 11) is 0. The Hall–Kier alpha value is -1.84. The minimum Gasteiger partial charge on any atom is -0.370 e. The van der Waals surface area contributed by atoms with E-state index in [4.69, 9.17) is 10.3 Å². The third-order valence-corrected chi connectivity index (χ3v) is 4.84. The van der Waals surface area contributed by atoms with Crippen LogP contribution in [-0.2, 0) is 6.42 Å². The van der Waals surface area contributed by atoms with E-state index in [0.717, 1.165) is 56.2 Å². The van der Waals surface area contributed by atoms with Gasteiger partial charge in [0.15, 0.2) is 5.96 Å². The van der Waals surface area contributed by atoms with Gasteiger partial charge in [-0.3, -0.25) is 4.99 Å². The van der Waals surface area contributed by atoms with Gasteiger partial charge >= 0.3 is 0 Å². The van der Waals surface area contributed by atoms with Crippen molar-refractivity contribution in [3.63, 3.8) is 0 Å². The fourth-order valence-corrected chi connectivity index (χ4v) is 3.25. The zero-order valence-corrected chi connectivity index (χ0v) is 18.2. The van der Waals surface area contributed by atoms with Gasteiger partial charge in [0.2, 0.25) is 0 Å². The first-order valence-electron chi connectivity index (χ1n) is 9.01. The zero-order valence-electron chi connectivity index (χ0n) is 15.8. The summed E-state index contributed by atoms with van der Waals surface area (Å²) in [5.41, 5.74) is 9.32. The Morgan fingerprint density at radius 3 is 2.44 bits per heavy atom. The molecule has 0 radical (unpaired) electrons. The number of nitrogens with two attached hydrogens (primary N) is 1. The SMILES string of the molecule is Cc1noc(C)c1CCCN=C(N)N1CCN(c2ccc(F)cc2)CC1.I. The van der Waals surface area contributed by atoms with E-state index in [-0.39, 0.29) is 29.8 Å². The predicted molar refractivity (Wildman–Crippen MR) is 116 cm³/mol. The van der Waals surface area contributed by atoms with Crippen molar-refractivity contribution in [2.24, 2.45) is 10.7 Å². The number of benzene rings is 1. The van der Waals surface area contributed by atoms with E-state index in [9.17, 15) is 4.39 Å². The molecule has 2 N–H and O–H groups in total. The first-order valence-corrected chi connectivity index (χ1v) is 9.01. The van der Waals surface area contributed by atoms with Crippen LogP contribution in [0.4, 0.5) is 10.1 Å². The lowest BCUT2D eigenvalue weighted by atomic mass is 10.1. The monoisotopic (exact) mass is 487 g/mol. The molecular weight excluding hydrogens is 460 g/mol. The van der Waals surface area contributed by atoms with Gasteiger partial charge in [-0.05, 0) is 51.0 Å². The highest BCUT2D eigenvalue weighted by atomic mass is 127. The molecule has 2 heterocycles. The topological polar surface area (TPSA) is 70.9 Å². The third kappa shape index (κ3) is 5.57. The Morgan fingerprint density at radius 2 is 1.85 bits per heavy atom. The molecule has 3 rings (SSSR count). The molecule has 2 aromatic rings. The number of rotatable bonds is 5. The average Bonchev–Trinajstić information content (AvgIpc) is 2.97. The molecule has 0 bridgehead atoms. The Labute approximate surface area is 176 Å². The lowest BCUT2D eigenvalue weighted by Crippen LogP contribution is -2.51. The standard InChI is InChI=1S/C19H26FN5O.HI/c1-14-18(15(2)26-23-14)4-3-9-22-19(21)25-12-10-24(11-13-25)17-7-5-16(20)6-8-17;/h5-8H,3-4,9-13H2,1-2H3,(H2,21,22);1H. The van der Waals surface area contributed by atoms with E-state index < -0.39 is 0 Å². The maximum atomic E-state index is 13.0. The summed E-state index contributed by atoms with van der Waals surface area (Å²) in [5, 5.41) is 3.97. The number of halogens is 2. The van der Waals surface area contributed by atoms with Crippen molar-refractivity contribution in [2.75, 3.05) is 37.6 Å². The first kappa shape index (κ1) is 21.5. The summed E-state index contributed by atoms with van der Waals surface area (Å²) in [5.74, 6) is 1.28. The van der Waals surface area contributed by atoms with Crippen LogP contribution in [0.1, 0.15) is 23.4 Å². The zero-order chi connectivity index (χ0) is 18.5. The molecule has 0 atom stereocenters. The van der Waals surface area contributed by atoms with Gasteiger partial charge < -0.3 is 20.1 Å². The van der Waals surface area contributed by atoms with Crippen LogP contribution in [0.25, 0.3) is 0 Å². The number of hydrogen-bond donors (Lipinski definition) is 1. The Balaban J connectivity index is 0.00000261. The fraction of sp³-hybridized carbons (Fsp3) is 0.474. The van der Waals surface area contributed by atoms with Crippen molar-refractivity contribution in [2.45, 2.75) is 26.7 Å². The Kier molecular flexibility index (Phi) is 7.88. The lowest BCUT2D eigenvalue weighted by molar-refractivity contribution is 0.380. The minimum atomic E-state index is -0.208. The third-order valence-electron chi connectivity index (χ3n) is 4.84. The van der Waals surface area contributed by atoms with E-state index in [1.807, 2.05) is 26.0 Å². The minimum absolute atomic E-state index is 0. The van der Waals surface area contributed by atoms with E-state index in [1.165, 1.54) is 17.7 Å². The van der Waals surface area contributed by atoms with Gasteiger partial charge in [0.1, 0.15) is 11.6 Å². The molecular formula is C19H27FIN5O. The second-order valence-corrected chi connectivity index (χ2v) is 6.60. The van der Waals surface area contributed by atoms with Gasteiger partial charge in [-0.1, -0.05) is 5.16 Å². The van der Waals surface area contributed by atoms with Crippen LogP contribution in [0.15, 0.2) is 33.8 Å². The maximum Gasteiger partial charge on any atom is 0.191 e. The highest BCUT2D eigenvalue weighted by Gasteiger charge is 2.18. The van der Waals surface area contributed by atoms with Crippen LogP contribution < -0.4 is 10.6 Å². The Morgan fingerprint density at radius 1 is 1.19 bits per heavy atom. The van der Waals surface area contributed by atoms with E-state index >= 15 is 0 Å². The predicted octanol–water partition coefficient (Wildman–Crippen LogP) is 3.12. The van der Waals surface area contributed by atoms with Crippen molar-refractivity contribution < 1.29 is 8.91 Å². The van der Waals surface area contributed by atoms with Crippen molar-refractivity contribution in [1.82, 2.24) is 10.1 Å². The van der Waals surface area contributed by atoms with Crippen molar-refractivity contribution >= 4 is 35.6 Å². The molecule has 148 valence electrons. The molecule has 0 unspecified atom stereocenters. The fourth-order valence-electron chi connectivity index (χ4n) is 3.25. The van der Waals surface area contributed by atoms with Crippen molar-refractivity contribution in [3.05, 3.63) is 47.1 Å². The quantitative estimate of drug-likeness (QED) is 0.304. The molecule has 6 nitrogen and oxygen atoms in total. The highest BCUT2D eigenvalue weighted by Crippen LogP contribution is 2.17. The summed E-state index contributed by atoms with van der Waals surface area (Å²) in [6.45, 7) is 7.92. The molecule has 1 aromatic heterocycles. The molecule has 1 aliphatic rings. The van der Waals surface area contributed by atoms with Crippen LogP contribution in [0, 0.1) is 19.7 Å². The van der Waals surface area contributed by atoms with Gasteiger partial charge in [0.05, 0.1) is 5.69 Å². The number of nitrogens with zero attached hydrogens (tertiary/aromatic N) is 4. The van der Waals surface area contributed by atoms with Crippen molar-refractivity contribution in [3.8, 4) is 0 Å². The number of piperazine rings is 1. The van der Waals surface area contributed by atoms with Crippen LogP contribution in [0.2, 0.25) is 0 Å². The summed E-state index contributed by atoms with van der Waals surface area (Å²) in [6.07, 6.45) is 1.81. The van der Waals surface area contributed by atoms with Gasteiger partial charge in [0.25, 0.3) is 0 Å². The van der Waals surface area contributed by atoms with Gasteiger partial charge in [-0.15, -0.1) is 24.0 Å². The summed E-state index contributed by atoms with van der Waals surface area (Å²) < 4.78 is 18.2. The molecule has 1 aromatic carbocycles. The van der Waals surface area contributed by atoms with Crippen LogP contribution >= 0.6 is 24.0 Å². The number of aryl methyl sites for hydroxylation is 2. The number of hydrogen-bond acceptors (Lipinski definition) is 4. The van der Waals surface area contributed by atoms with Gasteiger partial charge in [-0.25, -0.2) is 4.39 Å². The molecule has 0 amide bonds. The first-order chi connectivity index (χ1) is 12.5. The van der Waals surface area contributed by atoms with Gasteiger partial charge in [-0.2, -0.15) is 0 Å². The molecule has 27 heavy (non-hydrogen) atoms. The van der Waals surface area contributed by atoms with Crippen LogP contribution in [-0.4, -0.2) is 48.7 Å². The summed E-state index contributed by atoms with van der Waals surface area (Å²) in [4.78, 5) is 8.86. The molecule has 0 spiro atoms. The Bertz CT molecular complexity index is 734. The molecule has 1 aliphatic heterocycles. The lowest BCUT2D eigenvalue weighted by Gasteiger charge is -2.36. The number of aliphatic imine (C=N–C) groups is 1. The molecule has 8 heteroatoms. The smallest absolute Gasteiger partial charge is 0.191 e. The van der Waals surface area contributed by atoms with E-state index in [0.29, 0.717) is 12.5 Å². The van der Waals surface area contributed by atoms with Crippen molar-refractivity contribution in [1.29, 1.82) is 0 Å². The second-order valence-electron chi connectivity index (χ2n) is 6.60. The summed E-state index contributed by atoms with van der Waals surface area (Å²) >= 11 is 0. The van der Waals surface area contributed by atoms with E-state index in [2.05, 4.69) is 19.9 Å². The normalized spacial score (nSPS) is 15.0. The molecule has 0 aliphatic carbocycles. The number of guanidine groups is 1.